The molecule has 0 aliphatic carbocycles. The molecule has 6 nitrogen and oxygen atoms in total. The number of hydrogen-bond donors (Lipinski definition) is 0. The van der Waals surface area contributed by atoms with Gasteiger partial charge in [0.15, 0.2) is 0 Å². The maximum Gasteiger partial charge on any atom is 0.313 e. The van der Waals surface area contributed by atoms with Gasteiger partial charge in [0.1, 0.15) is 12.2 Å². The smallest absolute Gasteiger partial charge is 0.313 e. The van der Waals surface area contributed by atoms with Crippen molar-refractivity contribution in [1.29, 1.82) is 0 Å². The molecule has 2 rings (SSSR count). The molecule has 1 atom stereocenters. The molecule has 0 spiro atoms. The maximum atomic E-state index is 11.9. The van der Waals surface area contributed by atoms with Crippen molar-refractivity contribution in [2.75, 3.05) is 13.7 Å². The van der Waals surface area contributed by atoms with Gasteiger partial charge in [0.2, 0.25) is 5.91 Å². The second-order valence-corrected chi connectivity index (χ2v) is 4.75. The minimum absolute atomic E-state index is 0.0648. The Labute approximate surface area is 116 Å². The number of ether oxygens (including phenoxy) is 1. The van der Waals surface area contributed by atoms with E-state index in [1.807, 2.05) is 12.1 Å². The van der Waals surface area contributed by atoms with E-state index in [0.717, 1.165) is 5.56 Å². The number of Topliss-reactive ketones (excluding diaryl/α,β-unsaturated/α-hetero) is 1. The van der Waals surface area contributed by atoms with Crippen LogP contribution in [0.1, 0.15) is 18.4 Å². The SMILES string of the molecule is COC(=O)CC(=O)[C@H]1CC(=O)N(Cc2ccncc2)C1. The van der Waals surface area contributed by atoms with Gasteiger partial charge in [0.05, 0.1) is 7.11 Å². The van der Waals surface area contributed by atoms with Crippen molar-refractivity contribution in [3.63, 3.8) is 0 Å². The summed E-state index contributed by atoms with van der Waals surface area (Å²) in [6, 6.07) is 3.66. The van der Waals surface area contributed by atoms with E-state index in [4.69, 9.17) is 0 Å². The number of likely N-dealkylation sites (tertiary alicyclic amines) is 1. The molecule has 1 saturated heterocycles. The molecule has 20 heavy (non-hydrogen) atoms. The van der Waals surface area contributed by atoms with Crippen LogP contribution in [0.25, 0.3) is 0 Å². The van der Waals surface area contributed by atoms with Gasteiger partial charge in [-0.15, -0.1) is 0 Å². The van der Waals surface area contributed by atoms with Crippen molar-refractivity contribution in [2.45, 2.75) is 19.4 Å². The number of aromatic nitrogens is 1. The van der Waals surface area contributed by atoms with Crippen molar-refractivity contribution >= 4 is 17.7 Å². The lowest BCUT2D eigenvalue weighted by molar-refractivity contribution is -0.144. The molecule has 6 heteroatoms. The molecule has 1 fully saturated rings. The zero-order valence-corrected chi connectivity index (χ0v) is 11.2. The van der Waals surface area contributed by atoms with Crippen LogP contribution in [0.2, 0.25) is 0 Å². The van der Waals surface area contributed by atoms with Crippen LogP contribution in [0.4, 0.5) is 0 Å². The Morgan fingerprint density at radius 3 is 2.75 bits per heavy atom. The fourth-order valence-electron chi connectivity index (χ4n) is 2.21. The van der Waals surface area contributed by atoms with E-state index >= 15 is 0 Å². The Hall–Kier alpha value is -2.24. The molecule has 2 heterocycles. The first-order valence-electron chi connectivity index (χ1n) is 6.36. The van der Waals surface area contributed by atoms with Crippen LogP contribution in [0.15, 0.2) is 24.5 Å². The number of amides is 1. The fraction of sp³-hybridized carbons (Fsp3) is 0.429. The largest absolute Gasteiger partial charge is 0.469 e. The second kappa shape index (κ2) is 6.27. The number of esters is 1. The molecular formula is C14H16N2O4. The van der Waals surface area contributed by atoms with Crippen molar-refractivity contribution in [3.8, 4) is 0 Å². The predicted molar refractivity (Wildman–Crippen MR) is 69.4 cm³/mol. The molecule has 1 aromatic heterocycles. The first-order valence-corrected chi connectivity index (χ1v) is 6.36. The topological polar surface area (TPSA) is 76.6 Å². The quantitative estimate of drug-likeness (QED) is 0.580. The highest BCUT2D eigenvalue weighted by Crippen LogP contribution is 2.22. The van der Waals surface area contributed by atoms with Gasteiger partial charge in [-0.1, -0.05) is 0 Å². The third-order valence-electron chi connectivity index (χ3n) is 3.34. The molecular weight excluding hydrogens is 260 g/mol. The second-order valence-electron chi connectivity index (χ2n) is 4.75. The summed E-state index contributed by atoms with van der Waals surface area (Å²) in [5.74, 6) is -1.27. The Kier molecular flexibility index (Phi) is 4.45. The van der Waals surface area contributed by atoms with Gasteiger partial charge < -0.3 is 9.64 Å². The molecule has 0 radical (unpaired) electrons. The third-order valence-corrected chi connectivity index (χ3v) is 3.34. The average Bonchev–Trinajstić information content (AvgIpc) is 2.81. The number of hydrogen-bond acceptors (Lipinski definition) is 5. The van der Waals surface area contributed by atoms with E-state index in [9.17, 15) is 14.4 Å². The molecule has 1 aliphatic heterocycles. The number of carbonyl (C=O) groups is 3. The van der Waals surface area contributed by atoms with E-state index in [1.54, 1.807) is 17.3 Å². The standard InChI is InChI=1S/C14H16N2O4/c1-20-14(19)7-12(17)11-6-13(18)16(9-11)8-10-2-4-15-5-3-10/h2-5,11H,6-9H2,1H3/t11-/m0/s1. The van der Waals surface area contributed by atoms with Crippen LogP contribution in [0.3, 0.4) is 0 Å². The van der Waals surface area contributed by atoms with E-state index < -0.39 is 11.9 Å². The molecule has 0 bridgehead atoms. The maximum absolute atomic E-state index is 11.9. The Morgan fingerprint density at radius 2 is 2.10 bits per heavy atom. The summed E-state index contributed by atoms with van der Waals surface area (Å²) >= 11 is 0. The lowest BCUT2D eigenvalue weighted by atomic mass is 10.0. The minimum Gasteiger partial charge on any atom is -0.469 e. The van der Waals surface area contributed by atoms with Crippen molar-refractivity contribution in [1.82, 2.24) is 9.88 Å². The van der Waals surface area contributed by atoms with Crippen molar-refractivity contribution < 1.29 is 19.1 Å². The lowest BCUT2D eigenvalue weighted by Crippen LogP contribution is -2.26. The first-order chi connectivity index (χ1) is 9.60. The van der Waals surface area contributed by atoms with E-state index in [2.05, 4.69) is 9.72 Å². The molecule has 1 aromatic rings. The summed E-state index contributed by atoms with van der Waals surface area (Å²) < 4.78 is 4.46. The van der Waals surface area contributed by atoms with Crippen LogP contribution in [-0.2, 0) is 25.7 Å². The predicted octanol–water partition coefficient (Wildman–Crippen LogP) is 0.562. The highest BCUT2D eigenvalue weighted by molar-refractivity contribution is 5.99. The lowest BCUT2D eigenvalue weighted by Gasteiger charge is -2.16. The molecule has 0 N–H and O–H groups in total. The van der Waals surface area contributed by atoms with Crippen LogP contribution < -0.4 is 0 Å². The van der Waals surface area contributed by atoms with Crippen molar-refractivity contribution in [3.05, 3.63) is 30.1 Å². The minimum atomic E-state index is -0.560. The Morgan fingerprint density at radius 1 is 1.40 bits per heavy atom. The summed E-state index contributed by atoms with van der Waals surface area (Å²) in [6.45, 7) is 0.820. The summed E-state index contributed by atoms with van der Waals surface area (Å²) in [5, 5.41) is 0. The zero-order valence-electron chi connectivity index (χ0n) is 11.2. The van der Waals surface area contributed by atoms with E-state index in [0.29, 0.717) is 13.1 Å². The van der Waals surface area contributed by atoms with Crippen molar-refractivity contribution in [2.24, 2.45) is 5.92 Å². The van der Waals surface area contributed by atoms with Gasteiger partial charge in [0.25, 0.3) is 0 Å². The van der Waals surface area contributed by atoms with Crippen LogP contribution in [0, 0.1) is 5.92 Å². The molecule has 1 amide bonds. The summed E-state index contributed by atoms with van der Waals surface area (Å²) in [5.41, 5.74) is 0.967. The molecule has 0 saturated carbocycles. The molecule has 0 aromatic carbocycles. The first kappa shape index (κ1) is 14.2. The van der Waals surface area contributed by atoms with Crippen LogP contribution in [-0.4, -0.2) is 41.2 Å². The zero-order chi connectivity index (χ0) is 14.5. The Balaban J connectivity index is 1.93. The third kappa shape index (κ3) is 3.40. The van der Waals surface area contributed by atoms with E-state index in [-0.39, 0.29) is 24.5 Å². The van der Waals surface area contributed by atoms with Gasteiger partial charge in [-0.2, -0.15) is 0 Å². The van der Waals surface area contributed by atoms with Crippen LogP contribution >= 0.6 is 0 Å². The molecule has 1 aliphatic rings. The van der Waals surface area contributed by atoms with E-state index in [1.165, 1.54) is 7.11 Å². The Bertz CT molecular complexity index is 515. The highest BCUT2D eigenvalue weighted by atomic mass is 16.5. The number of pyridine rings is 1. The summed E-state index contributed by atoms with van der Waals surface area (Å²) in [7, 11) is 1.24. The monoisotopic (exact) mass is 276 g/mol. The number of methoxy groups -OCH3 is 1. The normalized spacial score (nSPS) is 18.1. The van der Waals surface area contributed by atoms with Gasteiger partial charge >= 0.3 is 5.97 Å². The van der Waals surface area contributed by atoms with Gasteiger partial charge in [0, 0.05) is 37.8 Å². The fourth-order valence-corrected chi connectivity index (χ4v) is 2.21. The number of ketones is 1. The number of nitrogens with zero attached hydrogens (tertiary/aromatic N) is 2. The van der Waals surface area contributed by atoms with Gasteiger partial charge in [-0.25, -0.2) is 0 Å². The molecule has 0 unspecified atom stereocenters. The highest BCUT2D eigenvalue weighted by Gasteiger charge is 2.34. The van der Waals surface area contributed by atoms with Crippen LogP contribution in [0.5, 0.6) is 0 Å². The summed E-state index contributed by atoms with van der Waals surface area (Å²) in [6.07, 6.45) is 3.23. The average molecular weight is 276 g/mol. The molecule has 106 valence electrons. The number of rotatable bonds is 5. The number of carbonyl (C=O) groups excluding carboxylic acids is 3. The van der Waals surface area contributed by atoms with Gasteiger partial charge in [-0.05, 0) is 17.7 Å². The summed E-state index contributed by atoms with van der Waals surface area (Å²) in [4.78, 5) is 40.4. The van der Waals surface area contributed by atoms with Gasteiger partial charge in [-0.3, -0.25) is 19.4 Å².